The molecule has 4 N–H and O–H groups in total. The van der Waals surface area contributed by atoms with Crippen LogP contribution in [0.4, 0.5) is 0 Å². The van der Waals surface area contributed by atoms with Crippen molar-refractivity contribution in [2.75, 3.05) is 7.05 Å². The molecule has 1 aromatic rings. The summed E-state index contributed by atoms with van der Waals surface area (Å²) in [5.41, 5.74) is 6.72. The van der Waals surface area contributed by atoms with Crippen molar-refractivity contribution in [3.8, 4) is 0 Å². The molecular formula is C14H23IN4O. The first-order valence-electron chi connectivity index (χ1n) is 6.19. The number of aliphatic imine (C=N–C) groups is 1. The summed E-state index contributed by atoms with van der Waals surface area (Å²) in [5, 5.41) is 6.48. The Hall–Kier alpha value is -1.31. The molecule has 6 heteroatoms. The Kier molecular flexibility index (Phi) is 7.55. The van der Waals surface area contributed by atoms with Gasteiger partial charge in [-0.3, -0.25) is 9.79 Å². The van der Waals surface area contributed by atoms with Crippen LogP contribution in [0, 0.1) is 0 Å². The van der Waals surface area contributed by atoms with E-state index in [0.29, 0.717) is 12.1 Å². The highest BCUT2D eigenvalue weighted by Crippen LogP contribution is 2.04. The number of rotatable bonds is 3. The number of carbonyl (C=O) groups is 1. The zero-order chi connectivity index (χ0) is 14.5. The SMILES string of the molecule is CN=C(NCc1ccc(C(N)=O)cc1)NC(C)(C)C.I. The molecule has 1 rings (SSSR count). The number of benzene rings is 1. The molecule has 112 valence electrons. The van der Waals surface area contributed by atoms with Crippen molar-refractivity contribution in [1.29, 1.82) is 0 Å². The molecular weight excluding hydrogens is 367 g/mol. The molecule has 0 radical (unpaired) electrons. The van der Waals surface area contributed by atoms with Gasteiger partial charge in [0.2, 0.25) is 5.91 Å². The number of amides is 1. The molecule has 5 nitrogen and oxygen atoms in total. The Morgan fingerprint density at radius 1 is 1.25 bits per heavy atom. The van der Waals surface area contributed by atoms with Gasteiger partial charge in [-0.15, -0.1) is 24.0 Å². The smallest absolute Gasteiger partial charge is 0.248 e. The molecule has 20 heavy (non-hydrogen) atoms. The van der Waals surface area contributed by atoms with E-state index in [1.807, 2.05) is 12.1 Å². The molecule has 0 spiro atoms. The van der Waals surface area contributed by atoms with Crippen molar-refractivity contribution in [1.82, 2.24) is 10.6 Å². The van der Waals surface area contributed by atoms with Gasteiger partial charge in [0.25, 0.3) is 0 Å². The van der Waals surface area contributed by atoms with Gasteiger partial charge in [0.1, 0.15) is 0 Å². The molecule has 1 aromatic carbocycles. The lowest BCUT2D eigenvalue weighted by Gasteiger charge is -2.23. The van der Waals surface area contributed by atoms with Crippen molar-refractivity contribution in [3.63, 3.8) is 0 Å². The van der Waals surface area contributed by atoms with Gasteiger partial charge in [-0.25, -0.2) is 0 Å². The topological polar surface area (TPSA) is 79.5 Å². The van der Waals surface area contributed by atoms with Crippen molar-refractivity contribution < 1.29 is 4.79 Å². The number of hydrogen-bond acceptors (Lipinski definition) is 2. The van der Waals surface area contributed by atoms with E-state index in [4.69, 9.17) is 5.73 Å². The standard InChI is InChI=1S/C14H22N4O.HI/c1-14(2,3)18-13(16-4)17-9-10-5-7-11(8-6-10)12(15)19;/h5-8H,9H2,1-4H3,(H2,15,19)(H2,16,17,18);1H. The Labute approximate surface area is 137 Å². The second-order valence-electron chi connectivity index (χ2n) is 5.36. The summed E-state index contributed by atoms with van der Waals surface area (Å²) < 4.78 is 0. The molecule has 0 aliphatic carbocycles. The maximum absolute atomic E-state index is 11.0. The second kappa shape index (κ2) is 8.08. The van der Waals surface area contributed by atoms with Crippen LogP contribution in [0.2, 0.25) is 0 Å². The number of primary amides is 1. The van der Waals surface area contributed by atoms with Crippen LogP contribution in [0.1, 0.15) is 36.7 Å². The van der Waals surface area contributed by atoms with Crippen molar-refractivity contribution in [2.45, 2.75) is 32.9 Å². The Morgan fingerprint density at radius 2 is 1.80 bits per heavy atom. The average Bonchev–Trinajstić information content (AvgIpc) is 2.33. The van der Waals surface area contributed by atoms with Crippen LogP contribution in [0.25, 0.3) is 0 Å². The maximum atomic E-state index is 11.0. The lowest BCUT2D eigenvalue weighted by atomic mass is 10.1. The van der Waals surface area contributed by atoms with E-state index in [1.54, 1.807) is 19.2 Å². The fourth-order valence-electron chi connectivity index (χ4n) is 1.51. The minimum atomic E-state index is -0.412. The quantitative estimate of drug-likeness (QED) is 0.419. The van der Waals surface area contributed by atoms with Crippen LogP contribution in [0.3, 0.4) is 0 Å². The van der Waals surface area contributed by atoms with Crippen LogP contribution in [-0.2, 0) is 6.54 Å². The molecule has 0 saturated carbocycles. The highest BCUT2D eigenvalue weighted by molar-refractivity contribution is 14.0. The Bertz CT molecular complexity index is 463. The molecule has 0 bridgehead atoms. The van der Waals surface area contributed by atoms with E-state index in [-0.39, 0.29) is 29.5 Å². The fraction of sp³-hybridized carbons (Fsp3) is 0.429. The first-order chi connectivity index (χ1) is 8.81. The molecule has 0 aliphatic heterocycles. The summed E-state index contributed by atoms with van der Waals surface area (Å²) in [6.45, 7) is 6.85. The van der Waals surface area contributed by atoms with E-state index in [0.717, 1.165) is 11.5 Å². The van der Waals surface area contributed by atoms with E-state index >= 15 is 0 Å². The molecule has 0 aromatic heterocycles. The van der Waals surface area contributed by atoms with Gasteiger partial charge in [-0.1, -0.05) is 12.1 Å². The zero-order valence-corrected chi connectivity index (χ0v) is 14.7. The van der Waals surface area contributed by atoms with Crippen molar-refractivity contribution >= 4 is 35.8 Å². The number of hydrogen-bond donors (Lipinski definition) is 3. The average molecular weight is 390 g/mol. The Balaban J connectivity index is 0.00000361. The lowest BCUT2D eigenvalue weighted by Crippen LogP contribution is -2.47. The third kappa shape index (κ3) is 6.74. The molecule has 1 amide bonds. The van der Waals surface area contributed by atoms with Crippen molar-refractivity contribution in [2.24, 2.45) is 10.7 Å². The fourth-order valence-corrected chi connectivity index (χ4v) is 1.51. The Morgan fingerprint density at radius 3 is 2.20 bits per heavy atom. The number of nitrogens with one attached hydrogen (secondary N) is 2. The summed E-state index contributed by atoms with van der Waals surface area (Å²) in [6.07, 6.45) is 0. The largest absolute Gasteiger partial charge is 0.366 e. The predicted molar refractivity (Wildman–Crippen MR) is 93.5 cm³/mol. The van der Waals surface area contributed by atoms with E-state index < -0.39 is 5.91 Å². The third-order valence-electron chi connectivity index (χ3n) is 2.42. The molecule has 0 heterocycles. The van der Waals surface area contributed by atoms with Crippen LogP contribution in [0.5, 0.6) is 0 Å². The number of halogens is 1. The highest BCUT2D eigenvalue weighted by Gasteiger charge is 2.11. The summed E-state index contributed by atoms with van der Waals surface area (Å²) in [4.78, 5) is 15.1. The van der Waals surface area contributed by atoms with Crippen LogP contribution < -0.4 is 16.4 Å². The predicted octanol–water partition coefficient (Wildman–Crippen LogP) is 1.87. The number of nitrogens with zero attached hydrogens (tertiary/aromatic N) is 1. The van der Waals surface area contributed by atoms with Gasteiger partial charge in [0.05, 0.1) is 0 Å². The minimum absolute atomic E-state index is 0. The van der Waals surface area contributed by atoms with Gasteiger partial charge in [-0.05, 0) is 38.5 Å². The van der Waals surface area contributed by atoms with Crippen molar-refractivity contribution in [3.05, 3.63) is 35.4 Å². The number of guanidine groups is 1. The first-order valence-corrected chi connectivity index (χ1v) is 6.19. The monoisotopic (exact) mass is 390 g/mol. The minimum Gasteiger partial charge on any atom is -0.366 e. The lowest BCUT2D eigenvalue weighted by molar-refractivity contribution is 0.100. The molecule has 0 unspecified atom stereocenters. The van der Waals surface area contributed by atoms with E-state index in [1.165, 1.54) is 0 Å². The second-order valence-corrected chi connectivity index (χ2v) is 5.36. The van der Waals surface area contributed by atoms with Gasteiger partial charge in [-0.2, -0.15) is 0 Å². The molecule has 0 atom stereocenters. The van der Waals surface area contributed by atoms with Gasteiger partial charge < -0.3 is 16.4 Å². The van der Waals surface area contributed by atoms with Crippen LogP contribution in [0.15, 0.2) is 29.3 Å². The number of nitrogens with two attached hydrogens (primary N) is 1. The van der Waals surface area contributed by atoms with Gasteiger partial charge >= 0.3 is 0 Å². The highest BCUT2D eigenvalue weighted by atomic mass is 127. The molecule has 0 fully saturated rings. The van der Waals surface area contributed by atoms with Crippen LogP contribution >= 0.6 is 24.0 Å². The normalized spacial score (nSPS) is 11.5. The maximum Gasteiger partial charge on any atom is 0.248 e. The third-order valence-corrected chi connectivity index (χ3v) is 2.42. The summed E-state index contributed by atoms with van der Waals surface area (Å²) in [5.74, 6) is 0.330. The van der Waals surface area contributed by atoms with Gasteiger partial charge in [0.15, 0.2) is 5.96 Å². The number of carbonyl (C=O) groups excluding carboxylic acids is 1. The summed E-state index contributed by atoms with van der Waals surface area (Å²) in [7, 11) is 1.73. The molecule has 0 saturated heterocycles. The summed E-state index contributed by atoms with van der Waals surface area (Å²) in [6, 6.07) is 7.19. The van der Waals surface area contributed by atoms with Gasteiger partial charge in [0, 0.05) is 24.7 Å². The zero-order valence-electron chi connectivity index (χ0n) is 12.4. The molecule has 0 aliphatic rings. The first kappa shape index (κ1) is 18.7. The summed E-state index contributed by atoms with van der Waals surface area (Å²) >= 11 is 0. The van der Waals surface area contributed by atoms with E-state index in [9.17, 15) is 4.79 Å². The van der Waals surface area contributed by atoms with E-state index in [2.05, 4.69) is 36.4 Å². The van der Waals surface area contributed by atoms with Crippen LogP contribution in [-0.4, -0.2) is 24.5 Å².